The number of carbonyl (C=O) groups is 2. The van der Waals surface area contributed by atoms with E-state index in [4.69, 9.17) is 0 Å². The summed E-state index contributed by atoms with van der Waals surface area (Å²) < 4.78 is 0. The standard InChI is InChI=1S/2C7H8O2.Zn/c2*8-7(9)6-4-2-1-3-5-6;/h2*2,4-5H,1,3H2,(H,8,9);/q;;+2/p-2. The maximum absolute atomic E-state index is 10.1. The number of allylic oxidation sites excluding steroid dienone is 4. The predicted octanol–water partition coefficient (Wildman–Crippen LogP) is 0.0229. The van der Waals surface area contributed by atoms with Crippen molar-refractivity contribution in [3.63, 3.8) is 0 Å². The van der Waals surface area contributed by atoms with Crippen LogP contribution in [0.1, 0.15) is 25.7 Å². The number of aliphatic carboxylic acids is 2. The molecule has 0 fully saturated rings. The molecule has 2 aliphatic carbocycles. The Kier molecular flexibility index (Phi) is 8.72. The summed E-state index contributed by atoms with van der Waals surface area (Å²) in [5.41, 5.74) is 0.613. The van der Waals surface area contributed by atoms with Gasteiger partial charge in [0.2, 0.25) is 0 Å². The van der Waals surface area contributed by atoms with Crippen molar-refractivity contribution >= 4 is 11.9 Å². The monoisotopic (exact) mass is 310 g/mol. The molecule has 0 spiro atoms. The van der Waals surface area contributed by atoms with Gasteiger partial charge in [0.1, 0.15) is 0 Å². The Balaban J connectivity index is 0.000000324. The zero-order valence-corrected chi connectivity index (χ0v) is 13.6. The summed E-state index contributed by atoms with van der Waals surface area (Å²) in [5, 5.41) is 20.2. The van der Waals surface area contributed by atoms with Gasteiger partial charge in [-0.25, -0.2) is 0 Å². The van der Waals surface area contributed by atoms with Gasteiger partial charge < -0.3 is 19.8 Å². The molecule has 96 valence electrons. The third-order valence-corrected chi connectivity index (χ3v) is 2.46. The molecule has 0 saturated carbocycles. The summed E-state index contributed by atoms with van der Waals surface area (Å²) in [6.07, 6.45) is 13.7. The Morgan fingerprint density at radius 3 is 1.32 bits per heavy atom. The van der Waals surface area contributed by atoms with E-state index >= 15 is 0 Å². The molecule has 0 saturated heterocycles. The molecule has 0 bridgehead atoms. The van der Waals surface area contributed by atoms with Crippen LogP contribution in [0.15, 0.2) is 47.6 Å². The van der Waals surface area contributed by atoms with E-state index in [1.54, 1.807) is 24.3 Å². The van der Waals surface area contributed by atoms with Gasteiger partial charge in [-0.05, 0) is 36.8 Å². The van der Waals surface area contributed by atoms with E-state index < -0.39 is 11.9 Å². The van der Waals surface area contributed by atoms with Crippen molar-refractivity contribution < 1.29 is 39.3 Å². The fourth-order valence-corrected chi connectivity index (χ4v) is 1.53. The van der Waals surface area contributed by atoms with E-state index in [1.807, 2.05) is 12.2 Å². The number of carbonyl (C=O) groups excluding carboxylic acids is 2. The summed E-state index contributed by atoms with van der Waals surface area (Å²) in [6, 6.07) is 0. The molecule has 2 rings (SSSR count). The van der Waals surface area contributed by atoms with Crippen molar-refractivity contribution in [2.75, 3.05) is 0 Å². The van der Waals surface area contributed by atoms with Crippen molar-refractivity contribution in [3.8, 4) is 0 Å². The number of carboxylic acid groups (broad SMARTS) is 2. The molecule has 4 nitrogen and oxygen atoms in total. The van der Waals surface area contributed by atoms with E-state index in [1.165, 1.54) is 0 Å². The van der Waals surface area contributed by atoms with Gasteiger partial charge >= 0.3 is 19.5 Å². The third kappa shape index (κ3) is 6.87. The zero-order valence-electron chi connectivity index (χ0n) is 10.6. The fraction of sp³-hybridized carbons (Fsp3) is 0.286. The third-order valence-electron chi connectivity index (χ3n) is 2.46. The van der Waals surface area contributed by atoms with Crippen LogP contribution >= 0.6 is 0 Å². The molecule has 0 aromatic rings. The first kappa shape index (κ1) is 17.5. The Morgan fingerprint density at radius 2 is 1.16 bits per heavy atom. The smallest absolute Gasteiger partial charge is 0.545 e. The van der Waals surface area contributed by atoms with Gasteiger partial charge in [-0.1, -0.05) is 36.5 Å². The Bertz CT molecular complexity index is 402. The van der Waals surface area contributed by atoms with E-state index in [0.29, 0.717) is 11.1 Å². The van der Waals surface area contributed by atoms with Gasteiger partial charge in [0.25, 0.3) is 0 Å². The molecule has 2 aliphatic rings. The molecule has 0 atom stereocenters. The summed E-state index contributed by atoms with van der Waals surface area (Å²) in [7, 11) is 0. The maximum atomic E-state index is 10.1. The van der Waals surface area contributed by atoms with E-state index in [-0.39, 0.29) is 19.5 Å². The zero-order chi connectivity index (χ0) is 13.4. The van der Waals surface area contributed by atoms with Gasteiger partial charge in [0, 0.05) is 0 Å². The van der Waals surface area contributed by atoms with Gasteiger partial charge in [0.05, 0.1) is 11.9 Å². The van der Waals surface area contributed by atoms with Crippen LogP contribution in [0.2, 0.25) is 0 Å². The van der Waals surface area contributed by atoms with Crippen molar-refractivity contribution in [2.24, 2.45) is 0 Å². The van der Waals surface area contributed by atoms with Crippen molar-refractivity contribution in [3.05, 3.63) is 47.6 Å². The molecular weight excluding hydrogens is 298 g/mol. The number of carboxylic acids is 2. The van der Waals surface area contributed by atoms with E-state index in [9.17, 15) is 19.8 Å². The van der Waals surface area contributed by atoms with E-state index in [0.717, 1.165) is 25.7 Å². The number of hydrogen-bond acceptors (Lipinski definition) is 4. The van der Waals surface area contributed by atoms with Crippen LogP contribution < -0.4 is 10.2 Å². The second-order valence-electron chi connectivity index (χ2n) is 3.85. The summed E-state index contributed by atoms with van der Waals surface area (Å²) in [5.74, 6) is -2.16. The molecule has 0 aliphatic heterocycles. The average Bonchev–Trinajstić information content (AvgIpc) is 2.41. The first-order chi connectivity index (χ1) is 8.61. The molecular formula is C14H14O4Zn. The molecule has 0 aromatic carbocycles. The van der Waals surface area contributed by atoms with Crippen LogP contribution in [0.5, 0.6) is 0 Å². The normalized spacial score (nSPS) is 16.2. The van der Waals surface area contributed by atoms with Gasteiger partial charge in [-0.2, -0.15) is 0 Å². The van der Waals surface area contributed by atoms with Crippen molar-refractivity contribution in [1.82, 2.24) is 0 Å². The number of rotatable bonds is 2. The molecule has 0 N–H and O–H groups in total. The molecule has 0 amide bonds. The van der Waals surface area contributed by atoms with Crippen LogP contribution in [0.3, 0.4) is 0 Å². The predicted molar refractivity (Wildman–Crippen MR) is 62.9 cm³/mol. The Hall–Kier alpha value is -1.48. The van der Waals surface area contributed by atoms with Crippen LogP contribution in [0.25, 0.3) is 0 Å². The average molecular weight is 312 g/mol. The molecule has 0 heterocycles. The molecule has 0 unspecified atom stereocenters. The largest absolute Gasteiger partial charge is 2.00 e. The minimum atomic E-state index is -1.08. The van der Waals surface area contributed by atoms with Gasteiger partial charge in [-0.3, -0.25) is 0 Å². The second-order valence-corrected chi connectivity index (χ2v) is 3.85. The SMILES string of the molecule is O=C([O-])C1=CCCC=C1.O=C([O-])C1=CCCC=C1.[Zn+2]. The summed E-state index contributed by atoms with van der Waals surface area (Å²) in [4.78, 5) is 20.2. The number of hydrogen-bond donors (Lipinski definition) is 0. The Labute approximate surface area is 125 Å². The quantitative estimate of drug-likeness (QED) is 0.674. The second kappa shape index (κ2) is 9.45. The first-order valence-corrected chi connectivity index (χ1v) is 5.77. The van der Waals surface area contributed by atoms with Crippen LogP contribution in [0.4, 0.5) is 0 Å². The molecule has 19 heavy (non-hydrogen) atoms. The Morgan fingerprint density at radius 1 is 0.789 bits per heavy atom. The topological polar surface area (TPSA) is 80.3 Å². The molecule has 0 aromatic heterocycles. The van der Waals surface area contributed by atoms with Crippen molar-refractivity contribution in [1.29, 1.82) is 0 Å². The maximum Gasteiger partial charge on any atom is 2.00 e. The molecule has 0 radical (unpaired) electrons. The van der Waals surface area contributed by atoms with Crippen LogP contribution in [-0.2, 0) is 29.1 Å². The van der Waals surface area contributed by atoms with Crippen LogP contribution in [-0.4, -0.2) is 11.9 Å². The fourth-order valence-electron chi connectivity index (χ4n) is 1.53. The van der Waals surface area contributed by atoms with Crippen molar-refractivity contribution in [2.45, 2.75) is 25.7 Å². The van der Waals surface area contributed by atoms with Gasteiger partial charge in [-0.15, -0.1) is 0 Å². The van der Waals surface area contributed by atoms with Gasteiger partial charge in [0.15, 0.2) is 0 Å². The van der Waals surface area contributed by atoms with Crippen LogP contribution in [0, 0.1) is 0 Å². The molecule has 5 heteroatoms. The first-order valence-electron chi connectivity index (χ1n) is 5.77. The summed E-state index contributed by atoms with van der Waals surface area (Å²) >= 11 is 0. The summed E-state index contributed by atoms with van der Waals surface area (Å²) in [6.45, 7) is 0. The minimum absolute atomic E-state index is 0. The minimum Gasteiger partial charge on any atom is -0.545 e. The van der Waals surface area contributed by atoms with E-state index in [2.05, 4.69) is 0 Å².